The second-order valence-corrected chi connectivity index (χ2v) is 10.4. The number of nitrogens with zero attached hydrogens (tertiary/aromatic N) is 5. The van der Waals surface area contributed by atoms with Crippen molar-refractivity contribution in [1.82, 2.24) is 23.9 Å². The zero-order valence-electron chi connectivity index (χ0n) is 18.1. The number of fused-ring (bicyclic) bond motifs is 1. The molecule has 8 nitrogen and oxygen atoms in total. The highest BCUT2D eigenvalue weighted by atomic mass is 32.2. The lowest BCUT2D eigenvalue weighted by atomic mass is 9.78. The van der Waals surface area contributed by atoms with Gasteiger partial charge in [-0.05, 0) is 60.9 Å². The van der Waals surface area contributed by atoms with Crippen LogP contribution in [-0.2, 0) is 27.3 Å². The summed E-state index contributed by atoms with van der Waals surface area (Å²) in [5.74, 6) is -0.325. The van der Waals surface area contributed by atoms with E-state index in [-0.39, 0.29) is 23.8 Å². The van der Waals surface area contributed by atoms with E-state index in [9.17, 15) is 17.6 Å². The summed E-state index contributed by atoms with van der Waals surface area (Å²) >= 11 is 0. The SMILES string of the molecule is Cc1cc2c(cnn2-c2ccc(F)cc2)cc1C1(C=O)CCN(S(=O)(=O)c2cnn(C)c2)C1. The standard InChI is InChI=1S/C23H22FN5O3S/c1-16-9-22-17(11-26-29(22)19-5-3-18(24)4-6-19)10-21(16)23(15-30)7-8-28(14-23)33(31,32)20-12-25-27(2)13-20/h3-6,9-13,15H,7-8,14H2,1-2H3. The maximum Gasteiger partial charge on any atom is 0.246 e. The molecule has 170 valence electrons. The largest absolute Gasteiger partial charge is 0.302 e. The minimum Gasteiger partial charge on any atom is -0.302 e. The molecule has 0 bridgehead atoms. The van der Waals surface area contributed by atoms with Crippen molar-refractivity contribution < 1.29 is 17.6 Å². The number of halogens is 1. The van der Waals surface area contributed by atoms with E-state index in [1.165, 1.54) is 33.5 Å². The molecule has 0 amide bonds. The van der Waals surface area contributed by atoms with Gasteiger partial charge in [0.2, 0.25) is 10.0 Å². The van der Waals surface area contributed by atoms with Crippen molar-refractivity contribution in [3.63, 3.8) is 0 Å². The molecule has 2 aromatic carbocycles. The molecule has 5 rings (SSSR count). The maximum absolute atomic E-state index is 13.3. The quantitative estimate of drug-likeness (QED) is 0.421. The van der Waals surface area contributed by atoms with Crippen LogP contribution in [0, 0.1) is 12.7 Å². The molecule has 0 N–H and O–H groups in total. The van der Waals surface area contributed by atoms with E-state index < -0.39 is 15.4 Å². The Morgan fingerprint density at radius 1 is 1.12 bits per heavy atom. The summed E-state index contributed by atoms with van der Waals surface area (Å²) in [6.45, 7) is 2.20. The van der Waals surface area contributed by atoms with E-state index >= 15 is 0 Å². The minimum atomic E-state index is -3.75. The van der Waals surface area contributed by atoms with Crippen molar-refractivity contribution >= 4 is 27.2 Å². The molecule has 33 heavy (non-hydrogen) atoms. The van der Waals surface area contributed by atoms with E-state index in [2.05, 4.69) is 10.2 Å². The molecule has 1 atom stereocenters. The molecule has 1 aliphatic heterocycles. The Labute approximate surface area is 190 Å². The van der Waals surface area contributed by atoms with Crippen LogP contribution in [0.5, 0.6) is 0 Å². The van der Waals surface area contributed by atoms with E-state index in [0.29, 0.717) is 6.42 Å². The van der Waals surface area contributed by atoms with Crippen molar-refractivity contribution in [1.29, 1.82) is 0 Å². The molecule has 2 aromatic heterocycles. The molecule has 10 heteroatoms. The first-order valence-electron chi connectivity index (χ1n) is 10.4. The first-order chi connectivity index (χ1) is 15.7. The number of sulfonamides is 1. The number of hydrogen-bond donors (Lipinski definition) is 0. The smallest absolute Gasteiger partial charge is 0.246 e. The van der Waals surface area contributed by atoms with Crippen LogP contribution >= 0.6 is 0 Å². The average Bonchev–Trinajstić information content (AvgIpc) is 3.52. The van der Waals surface area contributed by atoms with Gasteiger partial charge in [-0.2, -0.15) is 14.5 Å². The molecule has 0 radical (unpaired) electrons. The number of aryl methyl sites for hydroxylation is 2. The molecule has 0 saturated carbocycles. The molecule has 0 spiro atoms. The first-order valence-corrected chi connectivity index (χ1v) is 11.9. The minimum absolute atomic E-state index is 0.0617. The number of benzene rings is 2. The van der Waals surface area contributed by atoms with Gasteiger partial charge in [0.1, 0.15) is 17.0 Å². The maximum atomic E-state index is 13.3. The highest BCUT2D eigenvalue weighted by Crippen LogP contribution is 2.39. The molecule has 4 aromatic rings. The molecular formula is C23H22FN5O3S. The Bertz CT molecular complexity index is 1480. The lowest BCUT2D eigenvalue weighted by Crippen LogP contribution is -2.36. The molecule has 1 unspecified atom stereocenters. The zero-order valence-corrected chi connectivity index (χ0v) is 19.0. The number of aromatic nitrogens is 4. The van der Waals surface area contributed by atoms with Gasteiger partial charge in [0, 0.05) is 31.7 Å². The Morgan fingerprint density at radius 3 is 2.55 bits per heavy atom. The third-order valence-corrected chi connectivity index (χ3v) is 8.13. The number of carbonyl (C=O) groups is 1. The van der Waals surface area contributed by atoms with Crippen LogP contribution in [0.1, 0.15) is 17.5 Å². The van der Waals surface area contributed by atoms with E-state index in [1.807, 2.05) is 19.1 Å². The highest BCUT2D eigenvalue weighted by molar-refractivity contribution is 7.89. The van der Waals surface area contributed by atoms with E-state index in [1.54, 1.807) is 30.1 Å². The molecular weight excluding hydrogens is 445 g/mol. The average molecular weight is 468 g/mol. The molecule has 1 aliphatic rings. The van der Waals surface area contributed by atoms with Gasteiger partial charge in [-0.15, -0.1) is 0 Å². The van der Waals surface area contributed by atoms with Crippen molar-refractivity contribution in [3.05, 3.63) is 71.9 Å². The summed E-state index contributed by atoms with van der Waals surface area (Å²) in [5.41, 5.74) is 2.23. The van der Waals surface area contributed by atoms with E-state index in [0.717, 1.165) is 34.0 Å². The van der Waals surface area contributed by atoms with Gasteiger partial charge >= 0.3 is 0 Å². The summed E-state index contributed by atoms with van der Waals surface area (Å²) < 4.78 is 44.0. The lowest BCUT2D eigenvalue weighted by molar-refractivity contribution is -0.112. The van der Waals surface area contributed by atoms with Gasteiger partial charge in [-0.3, -0.25) is 4.68 Å². The second kappa shape index (κ2) is 7.60. The van der Waals surface area contributed by atoms with Gasteiger partial charge in [-0.1, -0.05) is 0 Å². The summed E-state index contributed by atoms with van der Waals surface area (Å²) in [6, 6.07) is 9.89. The fourth-order valence-electron chi connectivity index (χ4n) is 4.57. The summed E-state index contributed by atoms with van der Waals surface area (Å²) in [7, 11) is -2.10. The van der Waals surface area contributed by atoms with Crippen LogP contribution in [0.4, 0.5) is 4.39 Å². The van der Waals surface area contributed by atoms with Gasteiger partial charge in [-0.25, -0.2) is 17.5 Å². The lowest BCUT2D eigenvalue weighted by Gasteiger charge is -2.25. The highest BCUT2D eigenvalue weighted by Gasteiger charge is 2.45. The van der Waals surface area contributed by atoms with Crippen LogP contribution in [0.2, 0.25) is 0 Å². The fourth-order valence-corrected chi connectivity index (χ4v) is 6.06. The topological polar surface area (TPSA) is 90.1 Å². The Hall–Kier alpha value is -3.37. The van der Waals surface area contributed by atoms with Gasteiger partial charge in [0.15, 0.2) is 0 Å². The van der Waals surface area contributed by atoms with Crippen LogP contribution in [-0.4, -0.2) is 51.7 Å². The van der Waals surface area contributed by atoms with Gasteiger partial charge < -0.3 is 4.79 Å². The number of rotatable bonds is 5. The monoisotopic (exact) mass is 467 g/mol. The Balaban J connectivity index is 1.53. The number of aldehydes is 1. The zero-order chi connectivity index (χ0) is 23.4. The molecule has 0 aliphatic carbocycles. The molecule has 3 heterocycles. The van der Waals surface area contributed by atoms with Crippen molar-refractivity contribution in [2.24, 2.45) is 7.05 Å². The van der Waals surface area contributed by atoms with Crippen molar-refractivity contribution in [2.75, 3.05) is 13.1 Å². The Kier molecular flexibility index (Phi) is 4.95. The predicted octanol–water partition coefficient (Wildman–Crippen LogP) is 2.74. The predicted molar refractivity (Wildman–Crippen MR) is 120 cm³/mol. The first kappa shape index (κ1) is 21.5. The van der Waals surface area contributed by atoms with Crippen molar-refractivity contribution in [3.8, 4) is 5.69 Å². The van der Waals surface area contributed by atoms with Gasteiger partial charge in [0.05, 0.1) is 29.0 Å². The fraction of sp³-hybridized carbons (Fsp3) is 0.261. The number of hydrogen-bond acceptors (Lipinski definition) is 5. The third-order valence-electron chi connectivity index (χ3n) is 6.33. The molecule has 1 saturated heterocycles. The Morgan fingerprint density at radius 2 is 1.88 bits per heavy atom. The number of carbonyl (C=O) groups excluding carboxylic acids is 1. The van der Waals surface area contributed by atoms with Crippen LogP contribution in [0.3, 0.4) is 0 Å². The normalized spacial score (nSPS) is 19.4. The van der Waals surface area contributed by atoms with Crippen LogP contribution in [0.15, 0.2) is 59.9 Å². The molecule has 1 fully saturated rings. The van der Waals surface area contributed by atoms with Crippen LogP contribution < -0.4 is 0 Å². The van der Waals surface area contributed by atoms with Gasteiger partial charge in [0.25, 0.3) is 0 Å². The van der Waals surface area contributed by atoms with Crippen LogP contribution in [0.25, 0.3) is 16.6 Å². The van der Waals surface area contributed by atoms with E-state index in [4.69, 9.17) is 0 Å². The summed E-state index contributed by atoms with van der Waals surface area (Å²) in [5, 5.41) is 9.21. The third kappa shape index (κ3) is 3.46. The van der Waals surface area contributed by atoms with Crippen molar-refractivity contribution in [2.45, 2.75) is 23.7 Å². The summed E-state index contributed by atoms with van der Waals surface area (Å²) in [6.07, 6.45) is 5.72. The summed E-state index contributed by atoms with van der Waals surface area (Å²) in [4.78, 5) is 12.5. The second-order valence-electron chi connectivity index (χ2n) is 8.47.